The minimum absolute atomic E-state index is 0.0282. The third kappa shape index (κ3) is 3.17. The molecular weight excluding hydrogens is 264 g/mol. The fourth-order valence-electron chi connectivity index (χ4n) is 1.67. The summed E-state index contributed by atoms with van der Waals surface area (Å²) in [5, 5.41) is 18.0. The van der Waals surface area contributed by atoms with Gasteiger partial charge in [0.1, 0.15) is 6.33 Å². The van der Waals surface area contributed by atoms with Crippen LogP contribution in [0.4, 0.5) is 17.3 Å². The highest BCUT2D eigenvalue weighted by Crippen LogP contribution is 2.27. The summed E-state index contributed by atoms with van der Waals surface area (Å²) in [7, 11) is 0. The molecule has 106 valence electrons. The number of nitrogen functional groups attached to an aromatic ring is 1. The van der Waals surface area contributed by atoms with E-state index in [-0.39, 0.29) is 17.3 Å². The van der Waals surface area contributed by atoms with Gasteiger partial charge in [0, 0.05) is 25.5 Å². The van der Waals surface area contributed by atoms with Gasteiger partial charge in [-0.05, 0) is 12.5 Å². The van der Waals surface area contributed by atoms with Gasteiger partial charge in [-0.2, -0.15) is 5.10 Å². The number of nitrogens with one attached hydrogen (secondary N) is 2. The molecule has 0 spiro atoms. The summed E-state index contributed by atoms with van der Waals surface area (Å²) in [6.45, 7) is 1.22. The van der Waals surface area contributed by atoms with Gasteiger partial charge in [-0.25, -0.2) is 15.8 Å². The van der Waals surface area contributed by atoms with Crippen LogP contribution in [0.1, 0.15) is 6.42 Å². The third-order valence-corrected chi connectivity index (χ3v) is 2.56. The number of nitrogens with zero attached hydrogens (tertiary/aromatic N) is 5. The minimum Gasteiger partial charge on any atom is -0.364 e. The maximum atomic E-state index is 11.0. The van der Waals surface area contributed by atoms with Crippen molar-refractivity contribution in [3.8, 4) is 0 Å². The summed E-state index contributed by atoms with van der Waals surface area (Å²) >= 11 is 0. The molecule has 10 heteroatoms. The van der Waals surface area contributed by atoms with E-state index in [2.05, 4.69) is 25.8 Å². The van der Waals surface area contributed by atoms with Gasteiger partial charge in [0.2, 0.25) is 11.6 Å². The lowest BCUT2D eigenvalue weighted by Crippen LogP contribution is -2.14. The van der Waals surface area contributed by atoms with Crippen LogP contribution < -0.4 is 16.6 Å². The second-order valence-electron chi connectivity index (χ2n) is 3.87. The number of anilines is 2. The average Bonchev–Trinajstić information content (AvgIpc) is 2.96. The third-order valence-electron chi connectivity index (χ3n) is 2.56. The van der Waals surface area contributed by atoms with Crippen LogP contribution >= 0.6 is 0 Å². The first-order chi connectivity index (χ1) is 9.72. The van der Waals surface area contributed by atoms with Crippen LogP contribution in [0.25, 0.3) is 0 Å². The molecule has 0 radical (unpaired) electrons. The largest absolute Gasteiger partial charge is 0.364 e. The van der Waals surface area contributed by atoms with Crippen LogP contribution in [0.2, 0.25) is 0 Å². The molecule has 2 rings (SSSR count). The number of hydrazine groups is 1. The van der Waals surface area contributed by atoms with Gasteiger partial charge in [0.15, 0.2) is 0 Å². The summed E-state index contributed by atoms with van der Waals surface area (Å²) in [5.74, 6) is 5.30. The molecule has 0 unspecified atom stereocenters. The summed E-state index contributed by atoms with van der Waals surface area (Å²) in [6.07, 6.45) is 5.50. The van der Waals surface area contributed by atoms with Crippen molar-refractivity contribution in [1.82, 2.24) is 19.7 Å². The number of hydrogen-bond donors (Lipinski definition) is 3. The van der Waals surface area contributed by atoms with Gasteiger partial charge in [-0.3, -0.25) is 14.8 Å². The van der Waals surface area contributed by atoms with E-state index >= 15 is 0 Å². The van der Waals surface area contributed by atoms with Crippen LogP contribution in [0, 0.1) is 10.1 Å². The molecule has 0 atom stereocenters. The van der Waals surface area contributed by atoms with E-state index in [4.69, 9.17) is 5.84 Å². The zero-order valence-corrected chi connectivity index (χ0v) is 10.6. The lowest BCUT2D eigenvalue weighted by Gasteiger charge is -2.08. The maximum Gasteiger partial charge on any atom is 0.354 e. The van der Waals surface area contributed by atoms with Crippen molar-refractivity contribution in [2.45, 2.75) is 13.0 Å². The van der Waals surface area contributed by atoms with Crippen LogP contribution in [0.5, 0.6) is 0 Å². The highest BCUT2D eigenvalue weighted by Gasteiger charge is 2.21. The number of nitrogens with two attached hydrogens (primary N) is 1. The van der Waals surface area contributed by atoms with Gasteiger partial charge >= 0.3 is 5.69 Å². The molecule has 2 aromatic heterocycles. The van der Waals surface area contributed by atoms with E-state index in [0.717, 1.165) is 6.42 Å². The standard InChI is InChI=1S/C10H14N8O2/c11-16-10-8(18(19)20)9(13-7-14-10)12-3-1-5-17-6-2-4-15-17/h2,4,6-7H,1,3,5,11H2,(H2,12,13,14,16). The van der Waals surface area contributed by atoms with Crippen LogP contribution in [0.15, 0.2) is 24.8 Å². The van der Waals surface area contributed by atoms with Crippen LogP contribution in [-0.4, -0.2) is 31.2 Å². The molecule has 0 saturated carbocycles. The first kappa shape index (κ1) is 13.7. The van der Waals surface area contributed by atoms with Gasteiger partial charge in [-0.1, -0.05) is 0 Å². The van der Waals surface area contributed by atoms with Crippen molar-refractivity contribution in [2.24, 2.45) is 5.84 Å². The predicted octanol–water partition coefficient (Wildman–Crippen LogP) is 0.369. The number of rotatable bonds is 7. The number of nitro groups is 1. The maximum absolute atomic E-state index is 11.0. The summed E-state index contributed by atoms with van der Waals surface area (Å²) in [6, 6.07) is 1.84. The van der Waals surface area contributed by atoms with E-state index in [0.29, 0.717) is 13.1 Å². The van der Waals surface area contributed by atoms with Gasteiger partial charge in [0.25, 0.3) is 0 Å². The molecule has 0 aromatic carbocycles. The first-order valence-corrected chi connectivity index (χ1v) is 5.89. The quantitative estimate of drug-likeness (QED) is 0.286. The summed E-state index contributed by atoms with van der Waals surface area (Å²) in [5.41, 5.74) is 1.91. The molecule has 20 heavy (non-hydrogen) atoms. The molecule has 2 heterocycles. The number of aromatic nitrogens is 4. The van der Waals surface area contributed by atoms with Crippen molar-refractivity contribution >= 4 is 17.3 Å². The van der Waals surface area contributed by atoms with Gasteiger partial charge in [-0.15, -0.1) is 0 Å². The highest BCUT2D eigenvalue weighted by molar-refractivity contribution is 5.68. The Hall–Kier alpha value is -2.75. The number of aryl methyl sites for hydroxylation is 1. The van der Waals surface area contributed by atoms with E-state index in [1.165, 1.54) is 6.33 Å². The van der Waals surface area contributed by atoms with Crippen molar-refractivity contribution in [3.63, 3.8) is 0 Å². The van der Waals surface area contributed by atoms with Gasteiger partial charge in [0.05, 0.1) is 4.92 Å². The highest BCUT2D eigenvalue weighted by atomic mass is 16.6. The molecule has 4 N–H and O–H groups in total. The molecule has 0 fully saturated rings. The Bertz CT molecular complexity index is 571. The van der Waals surface area contributed by atoms with Crippen LogP contribution in [0.3, 0.4) is 0 Å². The Kier molecular flexibility index (Phi) is 4.39. The van der Waals surface area contributed by atoms with Crippen molar-refractivity contribution < 1.29 is 4.92 Å². The normalized spacial score (nSPS) is 10.2. The van der Waals surface area contributed by atoms with Crippen molar-refractivity contribution in [1.29, 1.82) is 0 Å². The zero-order chi connectivity index (χ0) is 14.4. The SMILES string of the molecule is NNc1ncnc(NCCCn2cccn2)c1[N+](=O)[O-]. The summed E-state index contributed by atoms with van der Waals surface area (Å²) < 4.78 is 1.78. The van der Waals surface area contributed by atoms with Gasteiger partial charge < -0.3 is 10.7 Å². The molecule has 0 amide bonds. The molecule has 0 bridgehead atoms. The molecule has 10 nitrogen and oxygen atoms in total. The Morgan fingerprint density at radius 2 is 2.20 bits per heavy atom. The van der Waals surface area contributed by atoms with E-state index in [9.17, 15) is 10.1 Å². The molecule has 2 aromatic rings. The van der Waals surface area contributed by atoms with E-state index < -0.39 is 4.92 Å². The first-order valence-electron chi connectivity index (χ1n) is 5.89. The number of hydrogen-bond acceptors (Lipinski definition) is 8. The minimum atomic E-state index is -0.578. The Balaban J connectivity index is 1.96. The van der Waals surface area contributed by atoms with Crippen LogP contribution in [-0.2, 0) is 6.54 Å². The fraction of sp³-hybridized carbons (Fsp3) is 0.300. The predicted molar refractivity (Wildman–Crippen MR) is 71.8 cm³/mol. The molecule has 0 aliphatic carbocycles. The smallest absolute Gasteiger partial charge is 0.354 e. The van der Waals surface area contributed by atoms with E-state index in [1.54, 1.807) is 10.9 Å². The molecule has 0 saturated heterocycles. The fourth-order valence-corrected chi connectivity index (χ4v) is 1.67. The average molecular weight is 278 g/mol. The van der Waals surface area contributed by atoms with Crippen molar-refractivity contribution in [2.75, 3.05) is 17.3 Å². The Labute approximate surface area is 114 Å². The Morgan fingerprint density at radius 3 is 2.85 bits per heavy atom. The zero-order valence-electron chi connectivity index (χ0n) is 10.6. The Morgan fingerprint density at radius 1 is 1.40 bits per heavy atom. The second-order valence-corrected chi connectivity index (χ2v) is 3.87. The topological polar surface area (TPSA) is 137 Å². The van der Waals surface area contributed by atoms with Crippen molar-refractivity contribution in [3.05, 3.63) is 34.9 Å². The molecule has 0 aliphatic rings. The summed E-state index contributed by atoms with van der Waals surface area (Å²) in [4.78, 5) is 18.0. The molecule has 0 aliphatic heterocycles. The second kappa shape index (κ2) is 6.43. The lowest BCUT2D eigenvalue weighted by atomic mass is 10.4. The monoisotopic (exact) mass is 278 g/mol. The van der Waals surface area contributed by atoms with E-state index in [1.807, 2.05) is 12.3 Å². The lowest BCUT2D eigenvalue weighted by molar-refractivity contribution is -0.383. The molecular formula is C10H14N8O2.